The molecule has 0 saturated carbocycles. The first-order valence-electron chi connectivity index (χ1n) is 5.65. The Morgan fingerprint density at radius 3 is 2.65 bits per heavy atom. The van der Waals surface area contributed by atoms with Crippen molar-refractivity contribution >= 4 is 15.9 Å². The summed E-state index contributed by atoms with van der Waals surface area (Å²) in [6.45, 7) is 2.42. The van der Waals surface area contributed by atoms with Crippen LogP contribution < -0.4 is 10.1 Å². The average Bonchev–Trinajstić information content (AvgIpc) is 2.29. The third-order valence-electron chi connectivity index (χ3n) is 2.89. The molecule has 0 spiro atoms. The Labute approximate surface area is 107 Å². The highest BCUT2D eigenvalue weighted by molar-refractivity contribution is 9.10. The number of hydrogen-bond donors (Lipinski definition) is 1. The molecule has 0 bridgehead atoms. The standard InChI is InChI=1S/C12H14BrF2NO/c13-10-5-9(14)6-11(15)12(10)17-7-8-1-3-16-4-2-8/h5-6,8,16H,1-4,7H2. The third kappa shape index (κ3) is 3.39. The van der Waals surface area contributed by atoms with Gasteiger partial charge < -0.3 is 10.1 Å². The molecule has 0 aromatic heterocycles. The summed E-state index contributed by atoms with van der Waals surface area (Å²) in [5.74, 6) is -0.730. The minimum Gasteiger partial charge on any atom is -0.489 e. The first-order valence-corrected chi connectivity index (χ1v) is 6.44. The van der Waals surface area contributed by atoms with Crippen LogP contribution in [0, 0.1) is 17.6 Å². The molecule has 1 aliphatic rings. The number of hydrogen-bond acceptors (Lipinski definition) is 2. The molecular weight excluding hydrogens is 292 g/mol. The zero-order valence-corrected chi connectivity index (χ0v) is 10.9. The van der Waals surface area contributed by atoms with Gasteiger partial charge in [0.25, 0.3) is 0 Å². The van der Waals surface area contributed by atoms with E-state index in [2.05, 4.69) is 21.2 Å². The van der Waals surface area contributed by atoms with E-state index in [-0.39, 0.29) is 5.75 Å². The van der Waals surface area contributed by atoms with Crippen LogP contribution in [0.25, 0.3) is 0 Å². The molecule has 1 aliphatic heterocycles. The lowest BCUT2D eigenvalue weighted by Crippen LogP contribution is -2.30. The first kappa shape index (κ1) is 12.8. The van der Waals surface area contributed by atoms with E-state index in [1.165, 1.54) is 6.07 Å². The van der Waals surface area contributed by atoms with Crippen molar-refractivity contribution in [2.75, 3.05) is 19.7 Å². The summed E-state index contributed by atoms with van der Waals surface area (Å²) in [6.07, 6.45) is 2.06. The maximum absolute atomic E-state index is 13.5. The minimum atomic E-state index is -0.661. The zero-order chi connectivity index (χ0) is 12.3. The summed E-state index contributed by atoms with van der Waals surface area (Å²) in [5, 5.41) is 3.25. The number of rotatable bonds is 3. The van der Waals surface area contributed by atoms with Crippen LogP contribution in [-0.4, -0.2) is 19.7 Å². The van der Waals surface area contributed by atoms with Crippen molar-refractivity contribution in [1.29, 1.82) is 0 Å². The Morgan fingerprint density at radius 2 is 2.00 bits per heavy atom. The van der Waals surface area contributed by atoms with Crippen molar-refractivity contribution in [1.82, 2.24) is 5.32 Å². The Kier molecular flexibility index (Phi) is 4.34. The summed E-state index contributed by atoms with van der Waals surface area (Å²) in [6, 6.07) is 2.04. The van der Waals surface area contributed by atoms with Gasteiger partial charge in [0.05, 0.1) is 11.1 Å². The lowest BCUT2D eigenvalue weighted by Gasteiger charge is -2.23. The van der Waals surface area contributed by atoms with E-state index in [4.69, 9.17) is 4.74 Å². The summed E-state index contributed by atoms with van der Waals surface area (Å²) >= 11 is 3.11. The average molecular weight is 306 g/mol. The highest BCUT2D eigenvalue weighted by atomic mass is 79.9. The number of nitrogens with one attached hydrogen (secondary N) is 1. The van der Waals surface area contributed by atoms with E-state index in [0.29, 0.717) is 17.0 Å². The predicted octanol–water partition coefficient (Wildman–Crippen LogP) is 3.11. The summed E-state index contributed by atoms with van der Waals surface area (Å²) in [7, 11) is 0. The third-order valence-corrected chi connectivity index (χ3v) is 3.47. The molecule has 0 amide bonds. The molecule has 2 nitrogen and oxygen atoms in total. The van der Waals surface area contributed by atoms with E-state index < -0.39 is 11.6 Å². The number of ether oxygens (including phenoxy) is 1. The molecule has 17 heavy (non-hydrogen) atoms. The molecule has 1 fully saturated rings. The molecule has 0 aliphatic carbocycles. The lowest BCUT2D eigenvalue weighted by molar-refractivity contribution is 0.207. The summed E-state index contributed by atoms with van der Waals surface area (Å²) in [4.78, 5) is 0. The van der Waals surface area contributed by atoms with Crippen LogP contribution >= 0.6 is 15.9 Å². The zero-order valence-electron chi connectivity index (χ0n) is 9.31. The van der Waals surface area contributed by atoms with E-state index in [9.17, 15) is 8.78 Å². The molecule has 5 heteroatoms. The molecule has 1 aromatic carbocycles. The van der Waals surface area contributed by atoms with Gasteiger partial charge in [0.15, 0.2) is 11.6 Å². The van der Waals surface area contributed by atoms with Gasteiger partial charge in [-0.15, -0.1) is 0 Å². The van der Waals surface area contributed by atoms with E-state index in [0.717, 1.165) is 32.0 Å². The maximum atomic E-state index is 13.5. The van der Waals surface area contributed by atoms with Crippen molar-refractivity contribution in [2.24, 2.45) is 5.92 Å². The van der Waals surface area contributed by atoms with Gasteiger partial charge in [0, 0.05) is 6.07 Å². The van der Waals surface area contributed by atoms with Gasteiger partial charge in [-0.25, -0.2) is 8.78 Å². The van der Waals surface area contributed by atoms with Crippen molar-refractivity contribution in [2.45, 2.75) is 12.8 Å². The smallest absolute Gasteiger partial charge is 0.169 e. The second kappa shape index (κ2) is 5.78. The Hall–Kier alpha value is -0.680. The molecule has 94 valence electrons. The number of halogens is 3. The predicted molar refractivity (Wildman–Crippen MR) is 65.1 cm³/mol. The second-order valence-electron chi connectivity index (χ2n) is 4.20. The topological polar surface area (TPSA) is 21.3 Å². The highest BCUT2D eigenvalue weighted by Gasteiger charge is 2.16. The van der Waals surface area contributed by atoms with Crippen LogP contribution in [0.3, 0.4) is 0 Å². The van der Waals surface area contributed by atoms with E-state index in [1.807, 2.05) is 0 Å². The molecule has 0 radical (unpaired) electrons. The van der Waals surface area contributed by atoms with Crippen LogP contribution in [0.4, 0.5) is 8.78 Å². The molecule has 1 N–H and O–H groups in total. The highest BCUT2D eigenvalue weighted by Crippen LogP contribution is 2.30. The van der Waals surface area contributed by atoms with Crippen LogP contribution in [0.5, 0.6) is 5.75 Å². The van der Waals surface area contributed by atoms with Gasteiger partial charge in [-0.2, -0.15) is 0 Å². The van der Waals surface area contributed by atoms with E-state index >= 15 is 0 Å². The maximum Gasteiger partial charge on any atom is 0.169 e. The molecule has 1 aromatic rings. The molecule has 1 heterocycles. The first-order chi connectivity index (χ1) is 8.16. The largest absolute Gasteiger partial charge is 0.489 e. The molecule has 1 saturated heterocycles. The monoisotopic (exact) mass is 305 g/mol. The van der Waals surface area contributed by atoms with Crippen LogP contribution in [0.1, 0.15) is 12.8 Å². The van der Waals surface area contributed by atoms with Gasteiger partial charge in [0.1, 0.15) is 5.82 Å². The van der Waals surface area contributed by atoms with Gasteiger partial charge in [0.2, 0.25) is 0 Å². The fourth-order valence-corrected chi connectivity index (χ4v) is 2.44. The number of benzene rings is 1. The Bertz CT molecular complexity index is 371. The Balaban J connectivity index is 1.98. The van der Waals surface area contributed by atoms with Crippen molar-refractivity contribution in [3.63, 3.8) is 0 Å². The summed E-state index contributed by atoms with van der Waals surface area (Å²) in [5.41, 5.74) is 0. The SMILES string of the molecule is Fc1cc(F)c(OCC2CCNCC2)c(Br)c1. The van der Waals surface area contributed by atoms with Gasteiger partial charge >= 0.3 is 0 Å². The van der Waals surface area contributed by atoms with Crippen molar-refractivity contribution in [3.8, 4) is 5.75 Å². The number of piperidine rings is 1. The molecule has 2 rings (SSSR count). The fourth-order valence-electron chi connectivity index (χ4n) is 1.92. The Morgan fingerprint density at radius 1 is 1.29 bits per heavy atom. The summed E-state index contributed by atoms with van der Waals surface area (Å²) < 4.78 is 32.1. The van der Waals surface area contributed by atoms with Crippen molar-refractivity contribution in [3.05, 3.63) is 28.2 Å². The molecule has 0 atom stereocenters. The van der Waals surface area contributed by atoms with Gasteiger partial charge in [-0.1, -0.05) is 0 Å². The minimum absolute atomic E-state index is 0.102. The fraction of sp³-hybridized carbons (Fsp3) is 0.500. The normalized spacial score (nSPS) is 17.1. The molecular formula is C12H14BrF2NO. The van der Waals surface area contributed by atoms with Crippen LogP contribution in [0.15, 0.2) is 16.6 Å². The van der Waals surface area contributed by atoms with Gasteiger partial charge in [-0.05, 0) is 53.8 Å². The van der Waals surface area contributed by atoms with Crippen LogP contribution in [-0.2, 0) is 0 Å². The van der Waals surface area contributed by atoms with Gasteiger partial charge in [-0.3, -0.25) is 0 Å². The molecule has 0 unspecified atom stereocenters. The lowest BCUT2D eigenvalue weighted by atomic mass is 9.99. The second-order valence-corrected chi connectivity index (χ2v) is 5.06. The van der Waals surface area contributed by atoms with Crippen LogP contribution in [0.2, 0.25) is 0 Å². The van der Waals surface area contributed by atoms with E-state index in [1.54, 1.807) is 0 Å². The van der Waals surface area contributed by atoms with Crippen molar-refractivity contribution < 1.29 is 13.5 Å². The quantitative estimate of drug-likeness (QED) is 0.926.